The quantitative estimate of drug-likeness (QED) is 0.708. The number of aliphatic hydroxyl groups excluding tert-OH is 1. The molecule has 0 saturated heterocycles. The van der Waals surface area contributed by atoms with Crippen LogP contribution in [0.15, 0.2) is 0 Å². The second-order valence-electron chi connectivity index (χ2n) is 6.53. The van der Waals surface area contributed by atoms with E-state index in [1.165, 1.54) is 25.3 Å². The summed E-state index contributed by atoms with van der Waals surface area (Å²) in [6.07, 6.45) is 6.27. The lowest BCUT2D eigenvalue weighted by Gasteiger charge is -2.17. The molecular formula is C13H28OSi. The number of aliphatic hydroxyl groups is 1. The van der Waals surface area contributed by atoms with Gasteiger partial charge in [0.1, 0.15) is 0 Å². The van der Waals surface area contributed by atoms with Crippen molar-refractivity contribution < 1.29 is 5.11 Å². The fraction of sp³-hybridized carbons (Fsp3) is 1.00. The molecule has 1 aliphatic rings. The van der Waals surface area contributed by atoms with Crippen molar-refractivity contribution in [2.75, 3.05) is 0 Å². The monoisotopic (exact) mass is 228 g/mol. The van der Waals surface area contributed by atoms with Gasteiger partial charge in [-0.15, -0.1) is 0 Å². The maximum absolute atomic E-state index is 9.83. The third-order valence-corrected chi connectivity index (χ3v) is 5.67. The van der Waals surface area contributed by atoms with Crippen LogP contribution in [0, 0.1) is 11.8 Å². The maximum atomic E-state index is 9.83. The summed E-state index contributed by atoms with van der Waals surface area (Å²) in [6, 6.07) is 1.45. The average molecular weight is 228 g/mol. The molecule has 0 aromatic rings. The molecule has 0 amide bonds. The first-order valence-electron chi connectivity index (χ1n) is 6.60. The molecule has 0 aromatic carbocycles. The van der Waals surface area contributed by atoms with Crippen molar-refractivity contribution in [1.29, 1.82) is 0 Å². The van der Waals surface area contributed by atoms with Crippen LogP contribution in [0.5, 0.6) is 0 Å². The van der Waals surface area contributed by atoms with E-state index in [1.807, 2.05) is 0 Å². The van der Waals surface area contributed by atoms with Gasteiger partial charge in [-0.25, -0.2) is 0 Å². The van der Waals surface area contributed by atoms with Gasteiger partial charge in [0.2, 0.25) is 0 Å². The summed E-state index contributed by atoms with van der Waals surface area (Å²) in [4.78, 5) is 0. The standard InChI is InChI=1S/C13H28OSi/c1-5-12-9-11(10-13(12)14)7-6-8-15(2,3)4/h11-14H,5-10H2,1-4H3/t11-,12+,13-/m0/s1. The molecule has 0 spiro atoms. The molecule has 1 fully saturated rings. The van der Waals surface area contributed by atoms with E-state index in [9.17, 15) is 5.11 Å². The van der Waals surface area contributed by atoms with Gasteiger partial charge < -0.3 is 5.11 Å². The van der Waals surface area contributed by atoms with E-state index in [0.29, 0.717) is 5.92 Å². The van der Waals surface area contributed by atoms with Gasteiger partial charge in [0, 0.05) is 8.07 Å². The molecule has 1 aliphatic carbocycles. The Balaban J connectivity index is 2.19. The molecule has 1 N–H and O–H groups in total. The third-order valence-electron chi connectivity index (χ3n) is 3.82. The minimum Gasteiger partial charge on any atom is -0.393 e. The second-order valence-corrected chi connectivity index (χ2v) is 12.1. The van der Waals surface area contributed by atoms with E-state index in [2.05, 4.69) is 26.6 Å². The lowest BCUT2D eigenvalue weighted by atomic mass is 9.99. The molecule has 1 rings (SSSR count). The molecule has 90 valence electrons. The van der Waals surface area contributed by atoms with Gasteiger partial charge in [0.25, 0.3) is 0 Å². The molecule has 0 heterocycles. The van der Waals surface area contributed by atoms with E-state index < -0.39 is 8.07 Å². The van der Waals surface area contributed by atoms with Gasteiger partial charge in [0.05, 0.1) is 6.10 Å². The van der Waals surface area contributed by atoms with E-state index in [4.69, 9.17) is 0 Å². The first kappa shape index (κ1) is 13.2. The molecular weight excluding hydrogens is 200 g/mol. The molecule has 2 heteroatoms. The van der Waals surface area contributed by atoms with Gasteiger partial charge in [-0.3, -0.25) is 0 Å². The Labute approximate surface area is 96.3 Å². The van der Waals surface area contributed by atoms with Crippen LogP contribution < -0.4 is 0 Å². The van der Waals surface area contributed by atoms with Crippen LogP contribution in [0.1, 0.15) is 39.0 Å². The van der Waals surface area contributed by atoms with Crippen molar-refractivity contribution in [3.63, 3.8) is 0 Å². The van der Waals surface area contributed by atoms with Crippen LogP contribution in [-0.4, -0.2) is 19.3 Å². The predicted octanol–water partition coefficient (Wildman–Crippen LogP) is 3.90. The highest BCUT2D eigenvalue weighted by molar-refractivity contribution is 6.76. The van der Waals surface area contributed by atoms with E-state index in [0.717, 1.165) is 18.8 Å². The Morgan fingerprint density at radius 3 is 2.33 bits per heavy atom. The van der Waals surface area contributed by atoms with Crippen molar-refractivity contribution in [2.24, 2.45) is 11.8 Å². The topological polar surface area (TPSA) is 20.2 Å². The second kappa shape index (κ2) is 5.49. The van der Waals surface area contributed by atoms with Crippen molar-refractivity contribution >= 4 is 8.07 Å². The first-order chi connectivity index (χ1) is 6.92. The van der Waals surface area contributed by atoms with Crippen molar-refractivity contribution in [3.8, 4) is 0 Å². The van der Waals surface area contributed by atoms with Crippen molar-refractivity contribution in [1.82, 2.24) is 0 Å². The van der Waals surface area contributed by atoms with E-state index >= 15 is 0 Å². The van der Waals surface area contributed by atoms with Crippen LogP contribution in [0.25, 0.3) is 0 Å². The Hall–Kier alpha value is 0.177. The Kier molecular flexibility index (Phi) is 4.85. The molecule has 0 aromatic heterocycles. The Morgan fingerprint density at radius 1 is 1.20 bits per heavy atom. The third kappa shape index (κ3) is 4.69. The highest BCUT2D eigenvalue weighted by Gasteiger charge is 2.31. The predicted molar refractivity (Wildman–Crippen MR) is 69.9 cm³/mol. The van der Waals surface area contributed by atoms with Crippen LogP contribution in [-0.2, 0) is 0 Å². The molecule has 0 aliphatic heterocycles. The summed E-state index contributed by atoms with van der Waals surface area (Å²) in [6.45, 7) is 9.56. The summed E-state index contributed by atoms with van der Waals surface area (Å²) in [5, 5.41) is 9.83. The molecule has 0 unspecified atom stereocenters. The molecule has 0 bridgehead atoms. The van der Waals surface area contributed by atoms with Crippen LogP contribution in [0.2, 0.25) is 25.7 Å². The summed E-state index contributed by atoms with van der Waals surface area (Å²) in [7, 11) is -0.834. The zero-order valence-electron chi connectivity index (χ0n) is 10.9. The summed E-state index contributed by atoms with van der Waals surface area (Å²) in [5.41, 5.74) is 0. The van der Waals surface area contributed by atoms with Gasteiger partial charge >= 0.3 is 0 Å². The summed E-state index contributed by atoms with van der Waals surface area (Å²) < 4.78 is 0. The number of hydrogen-bond donors (Lipinski definition) is 1. The summed E-state index contributed by atoms with van der Waals surface area (Å²) >= 11 is 0. The normalized spacial score (nSPS) is 32.2. The van der Waals surface area contributed by atoms with Crippen molar-refractivity contribution in [3.05, 3.63) is 0 Å². The van der Waals surface area contributed by atoms with Crippen LogP contribution in [0.4, 0.5) is 0 Å². The average Bonchev–Trinajstić information content (AvgIpc) is 2.44. The lowest BCUT2D eigenvalue weighted by molar-refractivity contribution is 0.129. The van der Waals surface area contributed by atoms with Gasteiger partial charge in [-0.05, 0) is 24.7 Å². The molecule has 15 heavy (non-hydrogen) atoms. The smallest absolute Gasteiger partial charge is 0.0571 e. The SMILES string of the molecule is CC[C@@H]1C[C@H](CCC[Si](C)(C)C)C[C@@H]1O. The first-order valence-corrected chi connectivity index (χ1v) is 10.3. The largest absolute Gasteiger partial charge is 0.393 e. The molecule has 1 nitrogen and oxygen atoms in total. The fourth-order valence-corrected chi connectivity index (χ4v) is 4.08. The van der Waals surface area contributed by atoms with Gasteiger partial charge in [-0.1, -0.05) is 51.9 Å². The Morgan fingerprint density at radius 2 is 1.87 bits per heavy atom. The molecule has 0 radical (unpaired) electrons. The number of rotatable bonds is 5. The number of hydrogen-bond acceptors (Lipinski definition) is 1. The highest BCUT2D eigenvalue weighted by Crippen LogP contribution is 2.36. The van der Waals surface area contributed by atoms with Crippen LogP contribution in [0.3, 0.4) is 0 Å². The van der Waals surface area contributed by atoms with E-state index in [-0.39, 0.29) is 6.10 Å². The summed E-state index contributed by atoms with van der Waals surface area (Å²) in [5.74, 6) is 1.42. The maximum Gasteiger partial charge on any atom is 0.0571 e. The molecule has 1 saturated carbocycles. The van der Waals surface area contributed by atoms with Crippen molar-refractivity contribution in [2.45, 2.75) is 70.8 Å². The van der Waals surface area contributed by atoms with E-state index in [1.54, 1.807) is 0 Å². The minimum absolute atomic E-state index is 0.00637. The zero-order chi connectivity index (χ0) is 11.5. The van der Waals surface area contributed by atoms with Gasteiger partial charge in [0.15, 0.2) is 0 Å². The van der Waals surface area contributed by atoms with Crippen LogP contribution >= 0.6 is 0 Å². The highest BCUT2D eigenvalue weighted by atomic mass is 28.3. The molecule has 3 atom stereocenters. The zero-order valence-corrected chi connectivity index (χ0v) is 11.9. The lowest BCUT2D eigenvalue weighted by Crippen LogP contribution is -2.19. The minimum atomic E-state index is -0.834. The Bertz CT molecular complexity index is 185. The van der Waals surface area contributed by atoms with Gasteiger partial charge in [-0.2, -0.15) is 0 Å². The fourth-order valence-electron chi connectivity index (χ4n) is 2.81.